The average Bonchev–Trinajstić information content (AvgIpc) is 2.70. The second-order valence-electron chi connectivity index (χ2n) is 7.18. The summed E-state index contributed by atoms with van der Waals surface area (Å²) in [6.07, 6.45) is 0.560. The molecule has 3 N–H and O–H groups in total. The fraction of sp³-hybridized carbons (Fsp3) is 0.474. The van der Waals surface area contributed by atoms with E-state index in [1.807, 2.05) is 6.92 Å². The average molecular weight is 410 g/mol. The molecule has 3 rings (SSSR count). The molecular formula is C19H21F3N4O3. The summed E-state index contributed by atoms with van der Waals surface area (Å²) in [4.78, 5) is 34.1. The number of amides is 1. The van der Waals surface area contributed by atoms with Crippen LogP contribution in [0.5, 0.6) is 5.75 Å². The van der Waals surface area contributed by atoms with Crippen LogP contribution in [-0.2, 0) is 6.18 Å². The predicted molar refractivity (Wildman–Crippen MR) is 98.3 cm³/mol. The zero-order valence-corrected chi connectivity index (χ0v) is 15.7. The van der Waals surface area contributed by atoms with Crippen LogP contribution in [0.25, 0.3) is 11.5 Å². The molecule has 1 atom stereocenters. The molecule has 0 radical (unpaired) electrons. The molecule has 0 aliphatic heterocycles. The summed E-state index contributed by atoms with van der Waals surface area (Å²) in [7, 11) is 0. The minimum absolute atomic E-state index is 0.196. The highest BCUT2D eigenvalue weighted by Crippen LogP contribution is 2.29. The van der Waals surface area contributed by atoms with Gasteiger partial charge >= 0.3 is 6.18 Å². The Kier molecular flexibility index (Phi) is 5.90. The first-order valence-corrected chi connectivity index (χ1v) is 9.35. The molecule has 2 aromatic heterocycles. The number of halogens is 3. The highest BCUT2D eigenvalue weighted by atomic mass is 19.4. The van der Waals surface area contributed by atoms with Crippen molar-refractivity contribution in [1.29, 1.82) is 0 Å². The van der Waals surface area contributed by atoms with Crippen LogP contribution < -0.4 is 10.9 Å². The minimum atomic E-state index is -4.68. The highest BCUT2D eigenvalue weighted by molar-refractivity contribution is 5.95. The SMILES string of the molecule is CC(NC(=O)c1nc(-c2cccc(C(F)(F)F)n2)[nH]c(=O)c1O)C1CCCCC1. The topological polar surface area (TPSA) is 108 Å². The van der Waals surface area contributed by atoms with Gasteiger partial charge in [0.1, 0.15) is 11.4 Å². The van der Waals surface area contributed by atoms with Gasteiger partial charge in [0, 0.05) is 6.04 Å². The summed E-state index contributed by atoms with van der Waals surface area (Å²) >= 11 is 0. The number of pyridine rings is 1. The molecule has 29 heavy (non-hydrogen) atoms. The van der Waals surface area contributed by atoms with Crippen molar-refractivity contribution in [3.63, 3.8) is 0 Å². The number of hydrogen-bond donors (Lipinski definition) is 3. The quantitative estimate of drug-likeness (QED) is 0.717. The molecule has 2 aromatic rings. The van der Waals surface area contributed by atoms with E-state index in [0.29, 0.717) is 0 Å². The largest absolute Gasteiger partial charge is 0.501 e. The third kappa shape index (κ3) is 4.75. The number of carbonyl (C=O) groups excluding carboxylic acids is 1. The smallest absolute Gasteiger partial charge is 0.433 e. The van der Waals surface area contributed by atoms with Crippen LogP contribution in [0.2, 0.25) is 0 Å². The van der Waals surface area contributed by atoms with Crippen LogP contribution in [0.1, 0.15) is 55.2 Å². The van der Waals surface area contributed by atoms with E-state index < -0.39 is 34.8 Å². The number of aromatic nitrogens is 3. The Morgan fingerprint density at radius 3 is 2.59 bits per heavy atom. The summed E-state index contributed by atoms with van der Waals surface area (Å²) in [5.74, 6) is -1.72. The number of rotatable bonds is 4. The molecule has 0 saturated heterocycles. The molecule has 1 fully saturated rings. The number of hydrogen-bond acceptors (Lipinski definition) is 5. The van der Waals surface area contributed by atoms with E-state index in [2.05, 4.69) is 20.3 Å². The van der Waals surface area contributed by atoms with Crippen molar-refractivity contribution in [1.82, 2.24) is 20.3 Å². The van der Waals surface area contributed by atoms with E-state index in [1.165, 1.54) is 6.07 Å². The van der Waals surface area contributed by atoms with Crippen LogP contribution in [-0.4, -0.2) is 32.0 Å². The third-order valence-electron chi connectivity index (χ3n) is 5.11. The molecule has 1 unspecified atom stereocenters. The number of H-pyrrole nitrogens is 1. The van der Waals surface area contributed by atoms with E-state index in [1.54, 1.807) is 0 Å². The number of alkyl halides is 3. The van der Waals surface area contributed by atoms with Gasteiger partial charge < -0.3 is 15.4 Å². The number of carbonyl (C=O) groups is 1. The van der Waals surface area contributed by atoms with Gasteiger partial charge in [0.05, 0.1) is 0 Å². The van der Waals surface area contributed by atoms with Crippen LogP contribution in [0.4, 0.5) is 13.2 Å². The lowest BCUT2D eigenvalue weighted by Crippen LogP contribution is -2.39. The van der Waals surface area contributed by atoms with Crippen LogP contribution >= 0.6 is 0 Å². The van der Waals surface area contributed by atoms with E-state index in [-0.39, 0.29) is 23.5 Å². The summed E-state index contributed by atoms with van der Waals surface area (Å²) < 4.78 is 38.7. The fourth-order valence-corrected chi connectivity index (χ4v) is 3.50. The van der Waals surface area contributed by atoms with Gasteiger partial charge in [0.25, 0.3) is 11.5 Å². The van der Waals surface area contributed by atoms with E-state index in [0.717, 1.165) is 44.2 Å². The highest BCUT2D eigenvalue weighted by Gasteiger charge is 2.33. The number of aromatic hydroxyl groups is 1. The van der Waals surface area contributed by atoms with Gasteiger partial charge in [-0.25, -0.2) is 9.97 Å². The fourth-order valence-electron chi connectivity index (χ4n) is 3.50. The van der Waals surface area contributed by atoms with Gasteiger partial charge in [-0.1, -0.05) is 25.3 Å². The van der Waals surface area contributed by atoms with Crippen LogP contribution in [0, 0.1) is 5.92 Å². The van der Waals surface area contributed by atoms with Crippen molar-refractivity contribution in [2.75, 3.05) is 0 Å². The van der Waals surface area contributed by atoms with Gasteiger partial charge in [0.15, 0.2) is 11.5 Å². The first kappa shape index (κ1) is 20.8. The monoisotopic (exact) mass is 410 g/mol. The Bertz CT molecular complexity index is 952. The Labute approximate surface area is 164 Å². The second kappa shape index (κ2) is 8.22. The lowest BCUT2D eigenvalue weighted by atomic mass is 9.84. The molecule has 0 bridgehead atoms. The van der Waals surface area contributed by atoms with Crippen molar-refractivity contribution >= 4 is 5.91 Å². The molecule has 156 valence electrons. The molecule has 1 saturated carbocycles. The molecule has 1 amide bonds. The first-order valence-electron chi connectivity index (χ1n) is 9.35. The Morgan fingerprint density at radius 2 is 1.93 bits per heavy atom. The lowest BCUT2D eigenvalue weighted by molar-refractivity contribution is -0.141. The van der Waals surface area contributed by atoms with Gasteiger partial charge in [-0.3, -0.25) is 9.59 Å². The van der Waals surface area contributed by atoms with Crippen molar-refractivity contribution in [3.8, 4) is 17.3 Å². The number of nitrogens with one attached hydrogen (secondary N) is 2. The third-order valence-corrected chi connectivity index (χ3v) is 5.11. The van der Waals surface area contributed by atoms with Crippen molar-refractivity contribution in [2.45, 2.75) is 51.2 Å². The van der Waals surface area contributed by atoms with Crippen LogP contribution in [0.15, 0.2) is 23.0 Å². The van der Waals surface area contributed by atoms with E-state index in [4.69, 9.17) is 0 Å². The summed E-state index contributed by atoms with van der Waals surface area (Å²) in [5.41, 5.74) is -3.02. The van der Waals surface area contributed by atoms with Crippen molar-refractivity contribution in [2.24, 2.45) is 5.92 Å². The standard InChI is InChI=1S/C19H21F3N4O3/c1-10(11-6-3-2-4-7-11)23-17(28)14-15(27)18(29)26-16(25-14)12-8-5-9-13(24-12)19(20,21)22/h5,8-11,27H,2-4,6-7H2,1H3,(H,23,28)(H,25,26,29). The Morgan fingerprint density at radius 1 is 1.24 bits per heavy atom. The van der Waals surface area contributed by atoms with E-state index in [9.17, 15) is 27.9 Å². The first-order chi connectivity index (χ1) is 13.7. The van der Waals surface area contributed by atoms with Gasteiger partial charge in [-0.15, -0.1) is 0 Å². The normalized spacial score (nSPS) is 16.4. The lowest BCUT2D eigenvalue weighted by Gasteiger charge is -2.28. The maximum atomic E-state index is 12.9. The van der Waals surface area contributed by atoms with Gasteiger partial charge in [0.2, 0.25) is 5.75 Å². The van der Waals surface area contributed by atoms with E-state index >= 15 is 0 Å². The molecular weight excluding hydrogens is 389 g/mol. The molecule has 0 spiro atoms. The number of aromatic amines is 1. The number of nitrogens with zero attached hydrogens (tertiary/aromatic N) is 2. The maximum absolute atomic E-state index is 12.9. The Balaban J connectivity index is 1.90. The molecule has 0 aromatic carbocycles. The molecule has 2 heterocycles. The molecule has 1 aliphatic rings. The van der Waals surface area contributed by atoms with Crippen molar-refractivity contribution in [3.05, 3.63) is 39.9 Å². The van der Waals surface area contributed by atoms with Crippen molar-refractivity contribution < 1.29 is 23.1 Å². The minimum Gasteiger partial charge on any atom is -0.501 e. The summed E-state index contributed by atoms with van der Waals surface area (Å²) in [6.45, 7) is 1.84. The zero-order chi connectivity index (χ0) is 21.2. The van der Waals surface area contributed by atoms with Crippen LogP contribution in [0.3, 0.4) is 0 Å². The predicted octanol–water partition coefficient (Wildman–Crippen LogP) is 3.25. The molecule has 1 aliphatic carbocycles. The Hall–Kier alpha value is -2.91. The molecule has 10 heteroatoms. The second-order valence-corrected chi connectivity index (χ2v) is 7.18. The summed E-state index contributed by atoms with van der Waals surface area (Å²) in [5, 5.41) is 12.7. The van der Waals surface area contributed by atoms with Gasteiger partial charge in [-0.05, 0) is 37.8 Å². The maximum Gasteiger partial charge on any atom is 0.433 e. The summed E-state index contributed by atoms with van der Waals surface area (Å²) in [6, 6.07) is 2.92. The molecule has 7 nitrogen and oxygen atoms in total. The zero-order valence-electron chi connectivity index (χ0n) is 15.7. The van der Waals surface area contributed by atoms with Gasteiger partial charge in [-0.2, -0.15) is 13.2 Å².